The van der Waals surface area contributed by atoms with E-state index in [1.54, 1.807) is 0 Å². The van der Waals surface area contributed by atoms with Crippen LogP contribution in [0.5, 0.6) is 5.75 Å². The van der Waals surface area contributed by atoms with Gasteiger partial charge >= 0.3 is 0 Å². The molecule has 0 aliphatic heterocycles. The third kappa shape index (κ3) is 3.68. The molecule has 0 spiro atoms. The van der Waals surface area contributed by atoms with Crippen LogP contribution in [0.1, 0.15) is 73.8 Å². The molecule has 0 atom stereocenters. The van der Waals surface area contributed by atoms with Gasteiger partial charge in [0.1, 0.15) is 5.75 Å². The van der Waals surface area contributed by atoms with Gasteiger partial charge in [0.15, 0.2) is 0 Å². The van der Waals surface area contributed by atoms with Crippen molar-refractivity contribution in [1.29, 1.82) is 0 Å². The zero-order valence-corrected chi connectivity index (χ0v) is 17.0. The second-order valence-corrected chi connectivity index (χ2v) is 8.15. The summed E-state index contributed by atoms with van der Waals surface area (Å²) in [4.78, 5) is 0. The standard InChI is InChI=1S/C25H32O2/c1-5-25(6-2,22-10-11-23(26)19(4)17-22)21-9-8-20(18(3)16-21)12-15-24(27)13-7-14-24/h8-12,15-17,26-27H,5-7,13-14H2,1-4H3/b15-12+. The van der Waals surface area contributed by atoms with Gasteiger partial charge in [-0.1, -0.05) is 56.3 Å². The summed E-state index contributed by atoms with van der Waals surface area (Å²) in [5.74, 6) is 0.352. The van der Waals surface area contributed by atoms with Gasteiger partial charge < -0.3 is 10.2 Å². The van der Waals surface area contributed by atoms with Crippen LogP contribution in [0.25, 0.3) is 6.08 Å². The maximum atomic E-state index is 10.3. The molecule has 0 unspecified atom stereocenters. The average Bonchev–Trinajstić information content (AvgIpc) is 2.63. The molecule has 1 fully saturated rings. The van der Waals surface area contributed by atoms with Gasteiger partial charge in [0.2, 0.25) is 0 Å². The molecule has 0 aromatic heterocycles. The van der Waals surface area contributed by atoms with E-state index >= 15 is 0 Å². The van der Waals surface area contributed by atoms with Gasteiger partial charge in [-0.15, -0.1) is 0 Å². The van der Waals surface area contributed by atoms with E-state index in [2.05, 4.69) is 57.2 Å². The van der Waals surface area contributed by atoms with E-state index in [-0.39, 0.29) is 5.41 Å². The molecule has 0 bridgehead atoms. The molecule has 2 N–H and O–H groups in total. The van der Waals surface area contributed by atoms with E-state index < -0.39 is 5.60 Å². The summed E-state index contributed by atoms with van der Waals surface area (Å²) in [6.07, 6.45) is 8.90. The van der Waals surface area contributed by atoms with Gasteiger partial charge in [0.25, 0.3) is 0 Å². The quantitative estimate of drug-likeness (QED) is 0.655. The highest BCUT2D eigenvalue weighted by molar-refractivity contribution is 5.57. The maximum absolute atomic E-state index is 10.3. The van der Waals surface area contributed by atoms with Gasteiger partial charge in [-0.3, -0.25) is 0 Å². The molecule has 2 nitrogen and oxygen atoms in total. The van der Waals surface area contributed by atoms with Gasteiger partial charge in [-0.25, -0.2) is 0 Å². The van der Waals surface area contributed by atoms with Gasteiger partial charge in [-0.05, 0) is 79.8 Å². The zero-order chi connectivity index (χ0) is 19.7. The molecule has 0 radical (unpaired) electrons. The Bertz CT molecular complexity index is 839. The van der Waals surface area contributed by atoms with E-state index in [0.717, 1.165) is 37.7 Å². The molecule has 1 aliphatic carbocycles. The molecule has 144 valence electrons. The minimum Gasteiger partial charge on any atom is -0.508 e. The topological polar surface area (TPSA) is 40.5 Å². The Balaban J connectivity index is 1.98. The average molecular weight is 365 g/mol. The Morgan fingerprint density at radius 3 is 2.04 bits per heavy atom. The van der Waals surface area contributed by atoms with Crippen molar-refractivity contribution < 1.29 is 10.2 Å². The highest BCUT2D eigenvalue weighted by Gasteiger charge is 2.32. The fraction of sp³-hybridized carbons (Fsp3) is 0.440. The number of aliphatic hydroxyl groups is 1. The van der Waals surface area contributed by atoms with Gasteiger partial charge in [0.05, 0.1) is 5.60 Å². The minimum atomic E-state index is -0.592. The predicted molar refractivity (Wildman–Crippen MR) is 113 cm³/mol. The molecule has 0 saturated heterocycles. The molecule has 1 saturated carbocycles. The summed E-state index contributed by atoms with van der Waals surface area (Å²) < 4.78 is 0. The monoisotopic (exact) mass is 364 g/mol. The van der Waals surface area contributed by atoms with Crippen LogP contribution in [0.4, 0.5) is 0 Å². The van der Waals surface area contributed by atoms with Crippen LogP contribution in [-0.4, -0.2) is 15.8 Å². The first-order valence-corrected chi connectivity index (χ1v) is 10.2. The van der Waals surface area contributed by atoms with Crippen molar-refractivity contribution in [1.82, 2.24) is 0 Å². The summed E-state index contributed by atoms with van der Waals surface area (Å²) in [6, 6.07) is 12.7. The van der Waals surface area contributed by atoms with Crippen molar-refractivity contribution in [3.63, 3.8) is 0 Å². The number of hydrogen-bond acceptors (Lipinski definition) is 2. The van der Waals surface area contributed by atoms with Crippen LogP contribution in [0.15, 0.2) is 42.5 Å². The van der Waals surface area contributed by atoms with Crippen molar-refractivity contribution in [3.8, 4) is 5.75 Å². The van der Waals surface area contributed by atoms with E-state index in [1.807, 2.05) is 19.1 Å². The Kier molecular flexibility index (Phi) is 5.48. The fourth-order valence-electron chi connectivity index (χ4n) is 4.30. The zero-order valence-electron chi connectivity index (χ0n) is 17.0. The first-order chi connectivity index (χ1) is 12.8. The molecule has 3 rings (SSSR count). The third-order valence-electron chi connectivity index (χ3n) is 6.57. The smallest absolute Gasteiger partial charge is 0.118 e. The number of rotatable bonds is 6. The molecule has 2 heteroatoms. The van der Waals surface area contributed by atoms with Crippen molar-refractivity contribution in [2.45, 2.75) is 70.8 Å². The lowest BCUT2D eigenvalue weighted by molar-refractivity contribution is 0.0150. The summed E-state index contributed by atoms with van der Waals surface area (Å²) >= 11 is 0. The molecular weight excluding hydrogens is 332 g/mol. The van der Waals surface area contributed by atoms with Crippen molar-refractivity contribution in [2.75, 3.05) is 0 Å². The second kappa shape index (κ2) is 7.52. The first-order valence-electron chi connectivity index (χ1n) is 10.2. The van der Waals surface area contributed by atoms with E-state index in [1.165, 1.54) is 22.3 Å². The Hall–Kier alpha value is -2.06. The van der Waals surface area contributed by atoms with Crippen LogP contribution >= 0.6 is 0 Å². The maximum Gasteiger partial charge on any atom is 0.118 e. The van der Waals surface area contributed by atoms with E-state index in [4.69, 9.17) is 0 Å². The Morgan fingerprint density at radius 1 is 0.963 bits per heavy atom. The third-order valence-corrected chi connectivity index (χ3v) is 6.57. The van der Waals surface area contributed by atoms with Crippen molar-refractivity contribution >= 4 is 6.08 Å². The number of phenols is 1. The summed E-state index contributed by atoms with van der Waals surface area (Å²) in [5.41, 5.74) is 5.24. The molecule has 2 aromatic carbocycles. The summed E-state index contributed by atoms with van der Waals surface area (Å²) in [6.45, 7) is 8.58. The molecule has 2 aromatic rings. The van der Waals surface area contributed by atoms with Crippen LogP contribution in [0, 0.1) is 13.8 Å². The van der Waals surface area contributed by atoms with Crippen molar-refractivity contribution in [2.24, 2.45) is 0 Å². The fourth-order valence-corrected chi connectivity index (χ4v) is 4.30. The summed E-state index contributed by atoms with van der Waals surface area (Å²) in [7, 11) is 0. The molecular formula is C25H32O2. The van der Waals surface area contributed by atoms with Gasteiger partial charge in [0, 0.05) is 5.41 Å². The van der Waals surface area contributed by atoms with E-state index in [0.29, 0.717) is 5.75 Å². The number of benzene rings is 2. The van der Waals surface area contributed by atoms with Crippen LogP contribution < -0.4 is 0 Å². The molecule has 27 heavy (non-hydrogen) atoms. The first kappa shape index (κ1) is 19.7. The minimum absolute atomic E-state index is 0.0579. The van der Waals surface area contributed by atoms with Crippen LogP contribution in [-0.2, 0) is 5.41 Å². The molecule has 0 heterocycles. The van der Waals surface area contributed by atoms with Crippen molar-refractivity contribution in [3.05, 3.63) is 70.3 Å². The summed E-state index contributed by atoms with van der Waals surface area (Å²) in [5, 5.41) is 20.2. The number of hydrogen-bond donors (Lipinski definition) is 2. The Labute approximate surface area is 163 Å². The Morgan fingerprint density at radius 2 is 1.56 bits per heavy atom. The highest BCUT2D eigenvalue weighted by Crippen LogP contribution is 2.41. The van der Waals surface area contributed by atoms with Crippen LogP contribution in [0.3, 0.4) is 0 Å². The lowest BCUT2D eigenvalue weighted by Crippen LogP contribution is -2.33. The van der Waals surface area contributed by atoms with Gasteiger partial charge in [-0.2, -0.15) is 0 Å². The number of aromatic hydroxyl groups is 1. The van der Waals surface area contributed by atoms with Crippen LogP contribution in [0.2, 0.25) is 0 Å². The number of phenolic OH excluding ortho intramolecular Hbond substituents is 1. The SMILES string of the molecule is CCC(CC)(c1ccc(O)c(C)c1)c1ccc(/C=C/C2(O)CCC2)c(C)c1. The van der Waals surface area contributed by atoms with E-state index in [9.17, 15) is 10.2 Å². The normalized spacial score (nSPS) is 16.5. The second-order valence-electron chi connectivity index (χ2n) is 8.15. The molecule has 1 aliphatic rings. The largest absolute Gasteiger partial charge is 0.508 e. The predicted octanol–water partition coefficient (Wildman–Crippen LogP) is 6.04. The highest BCUT2D eigenvalue weighted by atomic mass is 16.3. The lowest BCUT2D eigenvalue weighted by Gasteiger charge is -2.34. The number of aryl methyl sites for hydroxylation is 2. The molecule has 0 amide bonds. The lowest BCUT2D eigenvalue weighted by atomic mass is 9.70.